The third kappa shape index (κ3) is 8.45. The van der Waals surface area contributed by atoms with Crippen molar-refractivity contribution in [1.29, 1.82) is 0 Å². The van der Waals surface area contributed by atoms with Crippen molar-refractivity contribution in [2.75, 3.05) is 21.3 Å². The van der Waals surface area contributed by atoms with Crippen LogP contribution in [-0.2, 0) is 19.6 Å². The molecule has 0 bridgehead atoms. The number of carbonyl (C=O) groups is 2. The van der Waals surface area contributed by atoms with E-state index >= 15 is 0 Å². The van der Waals surface area contributed by atoms with Gasteiger partial charge in [-0.05, 0) is 25.7 Å². The Bertz CT molecular complexity index is 708. The third-order valence-corrected chi connectivity index (χ3v) is 5.45. The Kier molecular flexibility index (Phi) is 11.5. The van der Waals surface area contributed by atoms with Crippen LogP contribution in [0.1, 0.15) is 81.0 Å². The number of hydrogen-bond donors (Lipinski definition) is 0. The number of ether oxygens (including phenoxy) is 4. The van der Waals surface area contributed by atoms with Gasteiger partial charge in [-0.15, -0.1) is 0 Å². The summed E-state index contributed by atoms with van der Waals surface area (Å²) in [5.74, 6) is -0.101. The lowest BCUT2D eigenvalue weighted by atomic mass is 9.99. The summed E-state index contributed by atoms with van der Waals surface area (Å²) < 4.78 is 20.9. The molecule has 0 amide bonds. The lowest BCUT2D eigenvalue weighted by Gasteiger charge is -2.17. The normalized spacial score (nSPS) is 16.1. The first-order chi connectivity index (χ1) is 15.6. The van der Waals surface area contributed by atoms with Gasteiger partial charge in [-0.25, -0.2) is 14.5 Å². The molecule has 1 aliphatic rings. The number of rotatable bonds is 7. The number of benzene rings is 1. The zero-order valence-electron chi connectivity index (χ0n) is 19.2. The maximum Gasteiger partial charge on any atom is 0.543 e. The fraction of sp³-hybridized carbons (Fsp3) is 0.652. The van der Waals surface area contributed by atoms with Crippen LogP contribution in [0.2, 0.25) is 0 Å². The van der Waals surface area contributed by atoms with E-state index in [0.29, 0.717) is 11.5 Å². The van der Waals surface area contributed by atoms with Crippen LogP contribution in [0.25, 0.3) is 0 Å². The Morgan fingerprint density at radius 1 is 0.688 bits per heavy atom. The number of hydrogen-bond acceptors (Lipinski definition) is 9. The van der Waals surface area contributed by atoms with Gasteiger partial charge in [0.25, 0.3) is 0 Å². The van der Waals surface area contributed by atoms with Gasteiger partial charge in [0, 0.05) is 12.1 Å². The van der Waals surface area contributed by atoms with E-state index in [1.54, 1.807) is 0 Å². The lowest BCUT2D eigenvalue weighted by molar-refractivity contribution is -0.453. The van der Waals surface area contributed by atoms with Gasteiger partial charge in [0.1, 0.15) is 17.4 Å². The Labute approximate surface area is 189 Å². The zero-order valence-corrected chi connectivity index (χ0v) is 19.2. The summed E-state index contributed by atoms with van der Waals surface area (Å²) in [4.78, 5) is 33.4. The van der Waals surface area contributed by atoms with Crippen LogP contribution in [0.3, 0.4) is 0 Å². The molecule has 0 spiro atoms. The summed E-state index contributed by atoms with van der Waals surface area (Å²) >= 11 is 0. The Balaban J connectivity index is 1.84. The molecule has 0 radical (unpaired) electrons. The molecular weight excluding hydrogens is 420 g/mol. The highest BCUT2D eigenvalue weighted by Crippen LogP contribution is 2.35. The van der Waals surface area contributed by atoms with Crippen molar-refractivity contribution in [3.8, 4) is 17.2 Å². The van der Waals surface area contributed by atoms with E-state index in [-0.39, 0.29) is 17.4 Å². The zero-order chi connectivity index (χ0) is 23.2. The van der Waals surface area contributed by atoms with Crippen LogP contribution in [0.4, 0.5) is 4.79 Å². The summed E-state index contributed by atoms with van der Waals surface area (Å²) in [6.07, 6.45) is 10.7. The monoisotopic (exact) mass is 454 g/mol. The largest absolute Gasteiger partial charge is 0.543 e. The minimum Gasteiger partial charge on any atom is -0.496 e. The van der Waals surface area contributed by atoms with Gasteiger partial charge in [0.05, 0.1) is 26.4 Å². The molecule has 9 heteroatoms. The molecule has 1 aliphatic carbocycles. The van der Waals surface area contributed by atoms with Crippen LogP contribution >= 0.6 is 0 Å². The van der Waals surface area contributed by atoms with Gasteiger partial charge in [0.2, 0.25) is 0 Å². The summed E-state index contributed by atoms with van der Waals surface area (Å²) in [7, 11) is 4.27. The van der Waals surface area contributed by atoms with Crippen molar-refractivity contribution >= 4 is 12.1 Å². The first-order valence-corrected chi connectivity index (χ1v) is 11.1. The summed E-state index contributed by atoms with van der Waals surface area (Å²) in [5, 5.41) is 4.37. The SMILES string of the molecule is COc1cc(OC)c(C(=O)OOOC(=O)OC2CCCCCCCCCCC2)cc1OC. The van der Waals surface area contributed by atoms with E-state index in [2.05, 4.69) is 14.8 Å². The standard InChI is InChI=1S/C23H34O9/c1-26-19-16-21(28-3)20(27-2)15-18(19)22(24)30-32-31-23(25)29-17-13-11-9-7-5-4-6-8-10-12-14-17/h15-17H,4-14H2,1-3H3. The number of methoxy groups -OCH3 is 3. The van der Waals surface area contributed by atoms with Crippen LogP contribution in [0.15, 0.2) is 12.1 Å². The van der Waals surface area contributed by atoms with Crippen molar-refractivity contribution in [3.05, 3.63) is 17.7 Å². The molecule has 0 aliphatic heterocycles. The van der Waals surface area contributed by atoms with E-state index < -0.39 is 12.1 Å². The van der Waals surface area contributed by atoms with Crippen molar-refractivity contribution in [1.82, 2.24) is 0 Å². The molecule has 0 atom stereocenters. The smallest absolute Gasteiger partial charge is 0.496 e. The number of carbonyl (C=O) groups excluding carboxylic acids is 2. The molecule has 9 nitrogen and oxygen atoms in total. The fourth-order valence-electron chi connectivity index (χ4n) is 3.71. The van der Waals surface area contributed by atoms with Gasteiger partial charge in [-0.3, -0.25) is 4.89 Å². The van der Waals surface area contributed by atoms with E-state index in [0.717, 1.165) is 38.5 Å². The minimum absolute atomic E-state index is 0.00133. The van der Waals surface area contributed by atoms with Gasteiger partial charge >= 0.3 is 12.1 Å². The Hall–Kier alpha value is -2.68. The van der Waals surface area contributed by atoms with Gasteiger partial charge in [-0.2, -0.15) is 0 Å². The molecule has 1 aromatic rings. The van der Waals surface area contributed by atoms with E-state index in [9.17, 15) is 9.59 Å². The van der Waals surface area contributed by atoms with Crippen LogP contribution < -0.4 is 14.2 Å². The average molecular weight is 455 g/mol. The van der Waals surface area contributed by atoms with Gasteiger partial charge in [-0.1, -0.05) is 44.9 Å². The molecule has 0 N–H and O–H groups in total. The van der Waals surface area contributed by atoms with E-state index in [1.807, 2.05) is 0 Å². The molecule has 1 aromatic carbocycles. The van der Waals surface area contributed by atoms with E-state index in [4.69, 9.17) is 18.9 Å². The molecular formula is C23H34O9. The van der Waals surface area contributed by atoms with Crippen molar-refractivity contribution in [2.45, 2.75) is 76.7 Å². The van der Waals surface area contributed by atoms with Crippen molar-refractivity contribution in [2.24, 2.45) is 0 Å². The second kappa shape index (κ2) is 14.4. The topological polar surface area (TPSA) is 98.8 Å². The maximum atomic E-state index is 12.3. The van der Waals surface area contributed by atoms with E-state index in [1.165, 1.54) is 65.6 Å². The summed E-state index contributed by atoms with van der Waals surface area (Å²) in [6.45, 7) is 0. The quantitative estimate of drug-likeness (QED) is 0.298. The highest BCUT2D eigenvalue weighted by molar-refractivity contribution is 5.93. The predicted molar refractivity (Wildman–Crippen MR) is 115 cm³/mol. The first-order valence-electron chi connectivity index (χ1n) is 11.1. The third-order valence-electron chi connectivity index (χ3n) is 5.45. The first kappa shape index (κ1) is 25.6. The molecule has 1 fully saturated rings. The molecule has 0 saturated heterocycles. The summed E-state index contributed by atoms with van der Waals surface area (Å²) in [6, 6.07) is 2.83. The highest BCUT2D eigenvalue weighted by Gasteiger charge is 2.22. The van der Waals surface area contributed by atoms with Gasteiger partial charge < -0.3 is 18.9 Å². The second-order valence-corrected chi connectivity index (χ2v) is 7.68. The Morgan fingerprint density at radius 3 is 1.72 bits per heavy atom. The van der Waals surface area contributed by atoms with Crippen molar-refractivity contribution in [3.63, 3.8) is 0 Å². The predicted octanol–water partition coefficient (Wildman–Crippen LogP) is 5.54. The van der Waals surface area contributed by atoms with Gasteiger partial charge in [0.15, 0.2) is 11.5 Å². The van der Waals surface area contributed by atoms with Crippen molar-refractivity contribution < 1.29 is 43.3 Å². The second-order valence-electron chi connectivity index (χ2n) is 7.68. The average Bonchev–Trinajstić information content (AvgIpc) is 2.79. The minimum atomic E-state index is -1.05. The lowest BCUT2D eigenvalue weighted by Crippen LogP contribution is -2.20. The molecule has 0 heterocycles. The van der Waals surface area contributed by atoms with Crippen LogP contribution in [-0.4, -0.2) is 39.6 Å². The molecule has 2 rings (SSSR count). The highest BCUT2D eigenvalue weighted by atomic mass is 17.5. The molecule has 32 heavy (non-hydrogen) atoms. The molecule has 0 unspecified atom stereocenters. The molecule has 0 aromatic heterocycles. The molecule has 1 saturated carbocycles. The van der Waals surface area contributed by atoms with Crippen LogP contribution in [0, 0.1) is 0 Å². The summed E-state index contributed by atoms with van der Waals surface area (Å²) in [5.41, 5.74) is 0.00133. The maximum absolute atomic E-state index is 12.3. The van der Waals surface area contributed by atoms with Crippen LogP contribution in [0.5, 0.6) is 17.2 Å². The fourth-order valence-corrected chi connectivity index (χ4v) is 3.71. The Morgan fingerprint density at radius 2 is 1.19 bits per heavy atom. The molecule has 180 valence electrons.